The van der Waals surface area contributed by atoms with Crippen LogP contribution in [-0.2, 0) is 15.6 Å². The normalized spacial score (nSPS) is 11.5. The van der Waals surface area contributed by atoms with Crippen molar-refractivity contribution >= 4 is 21.5 Å². The summed E-state index contributed by atoms with van der Waals surface area (Å²) in [7, 11) is -3.53. The maximum Gasteiger partial charge on any atom is 0.185 e. The van der Waals surface area contributed by atoms with Crippen LogP contribution in [0.4, 0.5) is 11.6 Å². The van der Waals surface area contributed by atoms with Gasteiger partial charge in [0, 0.05) is 17.8 Å². The van der Waals surface area contributed by atoms with E-state index < -0.39 is 9.84 Å². The van der Waals surface area contributed by atoms with Gasteiger partial charge in [0.15, 0.2) is 21.4 Å². The first-order chi connectivity index (χ1) is 13.5. The van der Waals surface area contributed by atoms with Crippen LogP contribution >= 0.6 is 0 Å². The molecule has 0 saturated heterocycles. The van der Waals surface area contributed by atoms with E-state index in [0.29, 0.717) is 28.8 Å². The van der Waals surface area contributed by atoms with Gasteiger partial charge in [-0.15, -0.1) is 0 Å². The molecule has 0 bridgehead atoms. The van der Waals surface area contributed by atoms with E-state index in [1.54, 1.807) is 61.7 Å². The molecule has 3 aromatic heterocycles. The first-order valence-electron chi connectivity index (χ1n) is 8.48. The highest BCUT2D eigenvalue weighted by Crippen LogP contribution is 2.22. The van der Waals surface area contributed by atoms with E-state index >= 15 is 0 Å². The van der Waals surface area contributed by atoms with Crippen LogP contribution in [0.25, 0.3) is 11.5 Å². The standard InChI is InChI=1S/C19H17N5O3S/c1-13-10-17(21-18-11-15(23-24-18)16-8-5-9-27-16)22-19(20-13)12-28(25,26)14-6-3-2-4-7-14/h2-11H,12H2,1H3,(H2,20,21,22,23,24). The van der Waals surface area contributed by atoms with Gasteiger partial charge in [-0.05, 0) is 31.2 Å². The Labute approximate surface area is 161 Å². The minimum absolute atomic E-state index is 0.216. The Morgan fingerprint density at radius 1 is 1.04 bits per heavy atom. The van der Waals surface area contributed by atoms with E-state index in [1.807, 2.05) is 6.07 Å². The van der Waals surface area contributed by atoms with E-state index in [1.165, 1.54) is 0 Å². The molecule has 0 aliphatic carbocycles. The van der Waals surface area contributed by atoms with Crippen molar-refractivity contribution in [3.63, 3.8) is 0 Å². The summed E-state index contributed by atoms with van der Waals surface area (Å²) in [5.41, 5.74) is 1.36. The summed E-state index contributed by atoms with van der Waals surface area (Å²) in [5.74, 6) is 1.58. The Bertz CT molecular complexity index is 1190. The van der Waals surface area contributed by atoms with Gasteiger partial charge in [-0.25, -0.2) is 18.4 Å². The quantitative estimate of drug-likeness (QED) is 0.514. The molecule has 28 heavy (non-hydrogen) atoms. The van der Waals surface area contributed by atoms with Crippen LogP contribution in [0.5, 0.6) is 0 Å². The third kappa shape index (κ3) is 3.94. The van der Waals surface area contributed by atoms with Crippen molar-refractivity contribution < 1.29 is 12.8 Å². The van der Waals surface area contributed by atoms with Gasteiger partial charge in [0.2, 0.25) is 0 Å². The Morgan fingerprint density at radius 3 is 2.61 bits per heavy atom. The average Bonchev–Trinajstić information content (AvgIpc) is 3.33. The second-order valence-electron chi connectivity index (χ2n) is 6.15. The lowest BCUT2D eigenvalue weighted by molar-refractivity contribution is 0.580. The number of hydrogen-bond acceptors (Lipinski definition) is 7. The largest absolute Gasteiger partial charge is 0.463 e. The Kier molecular flexibility index (Phi) is 4.66. The number of nitrogens with one attached hydrogen (secondary N) is 2. The molecule has 0 spiro atoms. The maximum absolute atomic E-state index is 12.6. The number of nitrogens with zero attached hydrogens (tertiary/aromatic N) is 3. The van der Waals surface area contributed by atoms with Crippen LogP contribution in [-0.4, -0.2) is 28.6 Å². The molecule has 1 aromatic carbocycles. The van der Waals surface area contributed by atoms with Gasteiger partial charge in [0.25, 0.3) is 0 Å². The van der Waals surface area contributed by atoms with Gasteiger partial charge >= 0.3 is 0 Å². The summed E-state index contributed by atoms with van der Waals surface area (Å²) in [6, 6.07) is 15.4. The fourth-order valence-corrected chi connectivity index (χ4v) is 3.92. The highest BCUT2D eigenvalue weighted by Gasteiger charge is 2.18. The van der Waals surface area contributed by atoms with E-state index in [0.717, 1.165) is 0 Å². The molecule has 3 heterocycles. The molecule has 0 atom stereocenters. The smallest absolute Gasteiger partial charge is 0.185 e. The summed E-state index contributed by atoms with van der Waals surface area (Å²) in [4.78, 5) is 8.83. The maximum atomic E-state index is 12.6. The molecular formula is C19H17N5O3S. The number of aromatic nitrogens is 4. The van der Waals surface area contributed by atoms with Crippen molar-refractivity contribution in [2.75, 3.05) is 5.32 Å². The van der Waals surface area contributed by atoms with E-state index in [4.69, 9.17) is 4.42 Å². The zero-order valence-corrected chi connectivity index (χ0v) is 15.8. The van der Waals surface area contributed by atoms with E-state index in [2.05, 4.69) is 25.5 Å². The Balaban J connectivity index is 1.56. The minimum atomic E-state index is -3.53. The monoisotopic (exact) mass is 395 g/mol. The van der Waals surface area contributed by atoms with Gasteiger partial charge in [0.1, 0.15) is 23.1 Å². The van der Waals surface area contributed by atoms with Gasteiger partial charge in [-0.1, -0.05) is 18.2 Å². The topological polar surface area (TPSA) is 114 Å². The first kappa shape index (κ1) is 17.9. The third-order valence-corrected chi connectivity index (χ3v) is 5.57. The SMILES string of the molecule is Cc1cc(Nc2cc(-c3ccco3)[nH]n2)nc(CS(=O)(=O)c2ccccc2)n1. The molecule has 0 saturated carbocycles. The van der Waals surface area contributed by atoms with Crippen LogP contribution < -0.4 is 5.32 Å². The molecule has 8 nitrogen and oxygen atoms in total. The molecule has 2 N–H and O–H groups in total. The summed E-state index contributed by atoms with van der Waals surface area (Å²) in [6.45, 7) is 1.78. The second kappa shape index (κ2) is 7.28. The number of anilines is 2. The lowest BCUT2D eigenvalue weighted by Gasteiger charge is -2.07. The van der Waals surface area contributed by atoms with Crippen molar-refractivity contribution in [2.24, 2.45) is 0 Å². The highest BCUT2D eigenvalue weighted by atomic mass is 32.2. The highest BCUT2D eigenvalue weighted by molar-refractivity contribution is 7.90. The molecule has 0 unspecified atom stereocenters. The molecular weight excluding hydrogens is 378 g/mol. The van der Waals surface area contributed by atoms with Crippen LogP contribution in [0.2, 0.25) is 0 Å². The molecule has 0 radical (unpaired) electrons. The van der Waals surface area contributed by atoms with Gasteiger partial charge < -0.3 is 9.73 Å². The fourth-order valence-electron chi connectivity index (χ4n) is 2.71. The van der Waals surface area contributed by atoms with E-state index in [9.17, 15) is 8.42 Å². The summed E-state index contributed by atoms with van der Waals surface area (Å²) in [6.07, 6.45) is 1.58. The third-order valence-electron chi connectivity index (χ3n) is 3.94. The Hall–Kier alpha value is -3.46. The van der Waals surface area contributed by atoms with Crippen molar-refractivity contribution in [2.45, 2.75) is 17.6 Å². The average molecular weight is 395 g/mol. The predicted molar refractivity (Wildman–Crippen MR) is 104 cm³/mol. The molecule has 4 aromatic rings. The molecule has 0 aliphatic rings. The molecule has 4 rings (SSSR count). The molecule has 0 fully saturated rings. The lowest BCUT2D eigenvalue weighted by Crippen LogP contribution is -2.10. The Morgan fingerprint density at radius 2 is 1.86 bits per heavy atom. The molecule has 0 amide bonds. The first-order valence-corrected chi connectivity index (χ1v) is 10.1. The summed E-state index contributed by atoms with van der Waals surface area (Å²) in [5, 5.41) is 10.1. The number of aryl methyl sites for hydroxylation is 1. The number of benzene rings is 1. The lowest BCUT2D eigenvalue weighted by atomic mass is 10.3. The molecule has 0 aliphatic heterocycles. The molecule has 142 valence electrons. The number of furan rings is 1. The number of rotatable bonds is 6. The van der Waals surface area contributed by atoms with Gasteiger partial charge in [-0.2, -0.15) is 5.10 Å². The second-order valence-corrected chi connectivity index (χ2v) is 8.14. The van der Waals surface area contributed by atoms with Crippen molar-refractivity contribution in [3.8, 4) is 11.5 Å². The number of aromatic amines is 1. The number of H-pyrrole nitrogens is 1. The van der Waals surface area contributed by atoms with E-state index in [-0.39, 0.29) is 16.5 Å². The number of hydrogen-bond donors (Lipinski definition) is 2. The molecule has 9 heteroatoms. The van der Waals surface area contributed by atoms with Crippen molar-refractivity contribution in [1.82, 2.24) is 20.2 Å². The van der Waals surface area contributed by atoms with Gasteiger partial charge in [0.05, 0.1) is 11.2 Å². The predicted octanol–water partition coefficient (Wildman–Crippen LogP) is 3.49. The number of sulfone groups is 1. The van der Waals surface area contributed by atoms with Crippen LogP contribution in [0.15, 0.2) is 70.2 Å². The summed E-state index contributed by atoms with van der Waals surface area (Å²) >= 11 is 0. The summed E-state index contributed by atoms with van der Waals surface area (Å²) < 4.78 is 30.5. The van der Waals surface area contributed by atoms with Crippen LogP contribution in [0, 0.1) is 6.92 Å². The van der Waals surface area contributed by atoms with Crippen molar-refractivity contribution in [1.29, 1.82) is 0 Å². The zero-order valence-electron chi connectivity index (χ0n) is 15.0. The fraction of sp³-hybridized carbons (Fsp3) is 0.105. The van der Waals surface area contributed by atoms with Gasteiger partial charge in [-0.3, -0.25) is 5.10 Å². The van der Waals surface area contributed by atoms with Crippen LogP contribution in [0.1, 0.15) is 11.5 Å². The minimum Gasteiger partial charge on any atom is -0.463 e. The zero-order chi connectivity index (χ0) is 19.6. The van der Waals surface area contributed by atoms with Crippen molar-refractivity contribution in [3.05, 3.63) is 72.4 Å². The van der Waals surface area contributed by atoms with Crippen LogP contribution in [0.3, 0.4) is 0 Å².